The highest BCUT2D eigenvalue weighted by molar-refractivity contribution is 7.86. The van der Waals surface area contributed by atoms with E-state index in [0.29, 0.717) is 5.56 Å². The second kappa shape index (κ2) is 6.95. The second-order valence-electron chi connectivity index (χ2n) is 4.56. The average Bonchev–Trinajstić information content (AvgIpc) is 2.47. The van der Waals surface area contributed by atoms with E-state index in [4.69, 9.17) is 5.73 Å². The van der Waals surface area contributed by atoms with Crippen LogP contribution in [0.25, 0.3) is 11.1 Å². The summed E-state index contributed by atoms with van der Waals surface area (Å²) >= 11 is 0. The zero-order valence-electron chi connectivity index (χ0n) is 11.3. The Morgan fingerprint density at radius 3 is 2.00 bits per heavy atom. The zero-order chi connectivity index (χ0) is 15.2. The van der Waals surface area contributed by atoms with E-state index in [9.17, 15) is 13.8 Å². The van der Waals surface area contributed by atoms with Gasteiger partial charge in [0.1, 0.15) is 5.75 Å². The summed E-state index contributed by atoms with van der Waals surface area (Å²) in [5.41, 5.74) is 7.50. The highest BCUT2D eigenvalue weighted by Crippen LogP contribution is 2.19. The lowest BCUT2D eigenvalue weighted by molar-refractivity contribution is -0.115. The summed E-state index contributed by atoms with van der Waals surface area (Å²) in [6.07, 6.45) is 0. The molecular formula is C16H15NO3S. The van der Waals surface area contributed by atoms with Crippen molar-refractivity contribution >= 4 is 22.5 Å². The van der Waals surface area contributed by atoms with Gasteiger partial charge in [0.2, 0.25) is 5.91 Å². The third kappa shape index (κ3) is 4.36. The van der Waals surface area contributed by atoms with Crippen LogP contribution in [0.3, 0.4) is 0 Å². The number of nitrogens with two attached hydrogens (primary N) is 1. The average molecular weight is 301 g/mol. The van der Waals surface area contributed by atoms with Crippen LogP contribution in [0.4, 0.5) is 0 Å². The van der Waals surface area contributed by atoms with Crippen LogP contribution in [0.5, 0.6) is 0 Å². The monoisotopic (exact) mass is 301 g/mol. The molecule has 2 N–H and O–H groups in total. The molecule has 5 heteroatoms. The summed E-state index contributed by atoms with van der Waals surface area (Å²) < 4.78 is 11.5. The fourth-order valence-corrected chi connectivity index (χ4v) is 2.80. The highest BCUT2D eigenvalue weighted by Gasteiger charge is 2.12. The zero-order valence-corrected chi connectivity index (χ0v) is 12.1. The predicted octanol–water partition coefficient (Wildman–Crippen LogP) is 1.77. The Balaban J connectivity index is 2.07. The third-order valence-corrected chi connectivity index (χ3v) is 4.10. The van der Waals surface area contributed by atoms with Crippen molar-refractivity contribution in [3.63, 3.8) is 0 Å². The van der Waals surface area contributed by atoms with E-state index in [-0.39, 0.29) is 17.3 Å². The largest absolute Gasteiger partial charge is 0.369 e. The number of amides is 1. The number of carbonyl (C=O) groups excluding carboxylic acids is 2. The van der Waals surface area contributed by atoms with Gasteiger partial charge in [0.05, 0.1) is 5.75 Å². The summed E-state index contributed by atoms with van der Waals surface area (Å²) in [5, 5.41) is 0. The Hall–Kier alpha value is -2.27. The topological polar surface area (TPSA) is 77.2 Å². The van der Waals surface area contributed by atoms with Crippen molar-refractivity contribution < 1.29 is 13.8 Å². The molecule has 0 aliphatic carbocycles. The van der Waals surface area contributed by atoms with Gasteiger partial charge in [-0.05, 0) is 11.1 Å². The molecule has 0 saturated carbocycles. The molecule has 0 bridgehead atoms. The Kier molecular flexibility index (Phi) is 5.00. The molecule has 0 aromatic heterocycles. The van der Waals surface area contributed by atoms with E-state index in [1.54, 1.807) is 12.1 Å². The standard InChI is InChI=1S/C16H15NO3S/c17-16(19)11-21(20)10-15(18)14-8-6-13(7-9-14)12-4-2-1-3-5-12/h1-9H,10-11H2,(H2,17,19). The summed E-state index contributed by atoms with van der Waals surface area (Å²) in [6, 6.07) is 16.9. The van der Waals surface area contributed by atoms with Crippen molar-refractivity contribution in [3.05, 3.63) is 60.2 Å². The van der Waals surface area contributed by atoms with Crippen LogP contribution in [0, 0.1) is 0 Å². The molecule has 0 spiro atoms. The molecule has 1 unspecified atom stereocenters. The van der Waals surface area contributed by atoms with Crippen molar-refractivity contribution in [2.24, 2.45) is 5.73 Å². The summed E-state index contributed by atoms with van der Waals surface area (Å²) in [7, 11) is -1.55. The van der Waals surface area contributed by atoms with Crippen LogP contribution in [-0.4, -0.2) is 27.4 Å². The van der Waals surface area contributed by atoms with Crippen molar-refractivity contribution in [2.45, 2.75) is 0 Å². The Morgan fingerprint density at radius 1 is 0.857 bits per heavy atom. The van der Waals surface area contributed by atoms with Gasteiger partial charge >= 0.3 is 0 Å². The van der Waals surface area contributed by atoms with Gasteiger partial charge < -0.3 is 5.73 Å². The van der Waals surface area contributed by atoms with Gasteiger partial charge in [0.15, 0.2) is 5.78 Å². The Morgan fingerprint density at radius 2 is 1.43 bits per heavy atom. The number of Topliss-reactive ketones (excluding diaryl/α,β-unsaturated/α-hetero) is 1. The number of primary amides is 1. The number of rotatable bonds is 6. The highest BCUT2D eigenvalue weighted by atomic mass is 32.2. The molecule has 0 radical (unpaired) electrons. The minimum Gasteiger partial charge on any atom is -0.369 e. The molecule has 1 amide bonds. The second-order valence-corrected chi connectivity index (χ2v) is 6.02. The lowest BCUT2D eigenvalue weighted by atomic mass is 10.0. The fourth-order valence-electron chi connectivity index (χ4n) is 1.92. The van der Waals surface area contributed by atoms with Gasteiger partial charge in [-0.15, -0.1) is 0 Å². The molecule has 0 heterocycles. The first-order valence-corrected chi connectivity index (χ1v) is 7.87. The SMILES string of the molecule is NC(=O)CS(=O)CC(=O)c1ccc(-c2ccccc2)cc1. The van der Waals surface area contributed by atoms with Gasteiger partial charge in [-0.1, -0.05) is 54.6 Å². The Labute approximate surface area is 125 Å². The maximum atomic E-state index is 11.9. The maximum absolute atomic E-state index is 11.9. The molecule has 2 aromatic carbocycles. The van der Waals surface area contributed by atoms with Crippen molar-refractivity contribution in [1.82, 2.24) is 0 Å². The predicted molar refractivity (Wildman–Crippen MR) is 83.3 cm³/mol. The minimum absolute atomic E-state index is 0.187. The van der Waals surface area contributed by atoms with Gasteiger partial charge in [-0.2, -0.15) is 0 Å². The van der Waals surface area contributed by atoms with Gasteiger partial charge in [0, 0.05) is 16.4 Å². The molecule has 0 aliphatic rings. The van der Waals surface area contributed by atoms with E-state index in [0.717, 1.165) is 11.1 Å². The van der Waals surface area contributed by atoms with Gasteiger partial charge in [0.25, 0.3) is 0 Å². The molecule has 108 valence electrons. The number of carbonyl (C=O) groups is 2. The van der Waals surface area contributed by atoms with E-state index in [1.165, 1.54) is 0 Å². The Bertz CT molecular complexity index is 666. The minimum atomic E-state index is -1.55. The van der Waals surface area contributed by atoms with Crippen molar-refractivity contribution in [2.75, 3.05) is 11.5 Å². The van der Waals surface area contributed by atoms with E-state index in [1.807, 2.05) is 42.5 Å². The molecule has 0 saturated heterocycles. The first-order valence-electron chi connectivity index (χ1n) is 6.38. The quantitative estimate of drug-likeness (QED) is 0.826. The summed E-state index contributed by atoms with van der Waals surface area (Å²) in [5.74, 6) is -1.39. The van der Waals surface area contributed by atoms with E-state index < -0.39 is 16.7 Å². The molecule has 0 fully saturated rings. The lowest BCUT2D eigenvalue weighted by Gasteiger charge is -2.04. The molecule has 21 heavy (non-hydrogen) atoms. The van der Waals surface area contributed by atoms with Gasteiger partial charge in [-0.25, -0.2) is 0 Å². The third-order valence-electron chi connectivity index (χ3n) is 2.91. The maximum Gasteiger partial charge on any atom is 0.230 e. The van der Waals surface area contributed by atoms with Crippen LogP contribution < -0.4 is 5.73 Å². The van der Waals surface area contributed by atoms with E-state index >= 15 is 0 Å². The number of benzene rings is 2. The molecule has 0 aliphatic heterocycles. The summed E-state index contributed by atoms with van der Waals surface area (Å²) in [6.45, 7) is 0. The van der Waals surface area contributed by atoms with Crippen LogP contribution in [0.2, 0.25) is 0 Å². The fraction of sp³-hybridized carbons (Fsp3) is 0.125. The van der Waals surface area contributed by atoms with Crippen molar-refractivity contribution in [1.29, 1.82) is 0 Å². The molecular weight excluding hydrogens is 286 g/mol. The van der Waals surface area contributed by atoms with Crippen molar-refractivity contribution in [3.8, 4) is 11.1 Å². The number of hydrogen-bond donors (Lipinski definition) is 1. The first-order chi connectivity index (χ1) is 10.1. The number of ketones is 1. The molecule has 2 aromatic rings. The van der Waals surface area contributed by atoms with Crippen LogP contribution in [0.15, 0.2) is 54.6 Å². The van der Waals surface area contributed by atoms with Crippen LogP contribution >= 0.6 is 0 Å². The smallest absolute Gasteiger partial charge is 0.230 e. The van der Waals surface area contributed by atoms with Gasteiger partial charge in [-0.3, -0.25) is 13.8 Å². The van der Waals surface area contributed by atoms with Crippen LogP contribution in [-0.2, 0) is 15.6 Å². The van der Waals surface area contributed by atoms with E-state index in [2.05, 4.69) is 0 Å². The number of hydrogen-bond acceptors (Lipinski definition) is 3. The molecule has 2 rings (SSSR count). The normalized spacial score (nSPS) is 11.8. The summed E-state index contributed by atoms with van der Waals surface area (Å²) in [4.78, 5) is 22.6. The molecule has 4 nitrogen and oxygen atoms in total. The van der Waals surface area contributed by atoms with Crippen LogP contribution in [0.1, 0.15) is 10.4 Å². The molecule has 1 atom stereocenters. The first kappa shape index (κ1) is 15.1. The lowest BCUT2D eigenvalue weighted by Crippen LogP contribution is -2.23.